The zero-order valence-corrected chi connectivity index (χ0v) is 10.2. The van der Waals surface area contributed by atoms with Crippen molar-refractivity contribution < 1.29 is 0 Å². The summed E-state index contributed by atoms with van der Waals surface area (Å²) in [5, 5.41) is 3.52. The molecule has 0 aromatic carbocycles. The second-order valence-electron chi connectivity index (χ2n) is 4.30. The van der Waals surface area contributed by atoms with Gasteiger partial charge in [-0.3, -0.25) is 0 Å². The van der Waals surface area contributed by atoms with Crippen molar-refractivity contribution in [1.82, 2.24) is 5.32 Å². The van der Waals surface area contributed by atoms with Crippen molar-refractivity contribution in [2.24, 2.45) is 17.8 Å². The third-order valence-electron chi connectivity index (χ3n) is 3.26. The zero-order chi connectivity index (χ0) is 10.4. The first-order chi connectivity index (χ1) is 6.13. The topological polar surface area (TPSA) is 12.0 Å². The molecule has 0 bridgehead atoms. The maximum absolute atomic E-state index is 3.52. The molecule has 0 aromatic rings. The van der Waals surface area contributed by atoms with Gasteiger partial charge < -0.3 is 5.32 Å². The van der Waals surface area contributed by atoms with Crippen LogP contribution in [0.5, 0.6) is 0 Å². The molecule has 13 heavy (non-hydrogen) atoms. The van der Waals surface area contributed by atoms with Gasteiger partial charge in [0.1, 0.15) is 0 Å². The summed E-state index contributed by atoms with van der Waals surface area (Å²) < 4.78 is 0. The van der Waals surface area contributed by atoms with E-state index >= 15 is 0 Å². The molecule has 0 spiro atoms. The predicted octanol–water partition coefficient (Wildman–Crippen LogP) is 3.30. The SMILES string of the molecule is CC.CC(C)C1CCNC(C)C1C. The molecule has 0 amide bonds. The smallest absolute Gasteiger partial charge is 0.00671 e. The molecule has 1 aliphatic heterocycles. The van der Waals surface area contributed by atoms with E-state index in [9.17, 15) is 0 Å². The summed E-state index contributed by atoms with van der Waals surface area (Å²) in [6, 6.07) is 0.719. The Labute approximate surface area is 84.3 Å². The van der Waals surface area contributed by atoms with Crippen LogP contribution in [0.2, 0.25) is 0 Å². The molecule has 0 aromatic heterocycles. The zero-order valence-electron chi connectivity index (χ0n) is 10.2. The first-order valence-electron chi connectivity index (χ1n) is 5.86. The van der Waals surface area contributed by atoms with E-state index in [4.69, 9.17) is 0 Å². The van der Waals surface area contributed by atoms with E-state index in [1.165, 1.54) is 13.0 Å². The highest BCUT2D eigenvalue weighted by molar-refractivity contribution is 4.82. The van der Waals surface area contributed by atoms with Crippen LogP contribution >= 0.6 is 0 Å². The fourth-order valence-electron chi connectivity index (χ4n) is 2.24. The number of hydrogen-bond acceptors (Lipinski definition) is 1. The lowest BCUT2D eigenvalue weighted by molar-refractivity contribution is 0.167. The average Bonchev–Trinajstić information content (AvgIpc) is 2.13. The van der Waals surface area contributed by atoms with E-state index in [2.05, 4.69) is 33.0 Å². The molecule has 80 valence electrons. The third-order valence-corrected chi connectivity index (χ3v) is 3.26. The molecule has 1 N–H and O–H groups in total. The number of piperidine rings is 1. The summed E-state index contributed by atoms with van der Waals surface area (Å²) in [5.74, 6) is 2.64. The lowest BCUT2D eigenvalue weighted by Gasteiger charge is -2.37. The number of hydrogen-bond donors (Lipinski definition) is 1. The Morgan fingerprint density at radius 1 is 1.15 bits per heavy atom. The van der Waals surface area contributed by atoms with Crippen molar-refractivity contribution in [3.8, 4) is 0 Å². The van der Waals surface area contributed by atoms with Crippen LogP contribution in [0, 0.1) is 17.8 Å². The van der Waals surface area contributed by atoms with Crippen molar-refractivity contribution in [1.29, 1.82) is 0 Å². The van der Waals surface area contributed by atoms with Crippen LogP contribution in [-0.2, 0) is 0 Å². The molecule has 1 fully saturated rings. The Hall–Kier alpha value is -0.0400. The summed E-state index contributed by atoms with van der Waals surface area (Å²) in [7, 11) is 0. The van der Waals surface area contributed by atoms with Gasteiger partial charge >= 0.3 is 0 Å². The fraction of sp³-hybridized carbons (Fsp3) is 1.00. The van der Waals surface area contributed by atoms with Crippen molar-refractivity contribution >= 4 is 0 Å². The Morgan fingerprint density at radius 3 is 2.08 bits per heavy atom. The van der Waals surface area contributed by atoms with Gasteiger partial charge in [0.2, 0.25) is 0 Å². The molecule has 1 heterocycles. The molecule has 1 rings (SSSR count). The summed E-state index contributed by atoms with van der Waals surface area (Å²) in [6.45, 7) is 14.6. The minimum Gasteiger partial charge on any atom is -0.314 e. The third kappa shape index (κ3) is 3.68. The second-order valence-corrected chi connectivity index (χ2v) is 4.30. The Kier molecular flexibility index (Phi) is 6.40. The molecular formula is C12H27N. The van der Waals surface area contributed by atoms with Crippen LogP contribution in [0.3, 0.4) is 0 Å². The molecule has 0 aliphatic carbocycles. The van der Waals surface area contributed by atoms with Crippen molar-refractivity contribution in [2.75, 3.05) is 6.54 Å². The van der Waals surface area contributed by atoms with Gasteiger partial charge in [0.25, 0.3) is 0 Å². The maximum atomic E-state index is 3.52. The lowest BCUT2D eigenvalue weighted by atomic mass is 9.76. The molecule has 0 saturated carbocycles. The standard InChI is InChI=1S/C10H21N.C2H6/c1-7(2)10-5-6-11-9(4)8(10)3;1-2/h7-11H,5-6H2,1-4H3;1-2H3. The van der Waals surface area contributed by atoms with Crippen LogP contribution in [0.25, 0.3) is 0 Å². The van der Waals surface area contributed by atoms with Gasteiger partial charge in [-0.05, 0) is 37.6 Å². The Bertz CT molecular complexity index is 120. The van der Waals surface area contributed by atoms with Crippen molar-refractivity contribution in [2.45, 2.75) is 54.0 Å². The molecule has 0 radical (unpaired) electrons. The highest BCUT2D eigenvalue weighted by Gasteiger charge is 2.28. The van der Waals surface area contributed by atoms with Gasteiger partial charge in [-0.2, -0.15) is 0 Å². The highest BCUT2D eigenvalue weighted by atomic mass is 14.9. The Morgan fingerprint density at radius 2 is 1.69 bits per heavy atom. The van der Waals surface area contributed by atoms with E-state index < -0.39 is 0 Å². The first-order valence-corrected chi connectivity index (χ1v) is 5.86. The largest absolute Gasteiger partial charge is 0.314 e. The normalized spacial score (nSPS) is 33.9. The van der Waals surface area contributed by atoms with Gasteiger partial charge in [0.05, 0.1) is 0 Å². The number of nitrogens with one attached hydrogen (secondary N) is 1. The van der Waals surface area contributed by atoms with Gasteiger partial charge in [-0.1, -0.05) is 34.6 Å². The van der Waals surface area contributed by atoms with E-state index in [1.807, 2.05) is 13.8 Å². The van der Waals surface area contributed by atoms with E-state index in [1.54, 1.807) is 0 Å². The van der Waals surface area contributed by atoms with Crippen molar-refractivity contribution in [3.05, 3.63) is 0 Å². The molecular weight excluding hydrogens is 158 g/mol. The second kappa shape index (κ2) is 6.42. The van der Waals surface area contributed by atoms with E-state index in [0.717, 1.165) is 23.8 Å². The van der Waals surface area contributed by atoms with Gasteiger partial charge in [0.15, 0.2) is 0 Å². The van der Waals surface area contributed by atoms with Crippen LogP contribution in [0.15, 0.2) is 0 Å². The van der Waals surface area contributed by atoms with E-state index in [0.29, 0.717) is 0 Å². The summed E-state index contributed by atoms with van der Waals surface area (Å²) in [4.78, 5) is 0. The van der Waals surface area contributed by atoms with Gasteiger partial charge in [-0.25, -0.2) is 0 Å². The molecule has 1 saturated heterocycles. The molecule has 1 aliphatic rings. The van der Waals surface area contributed by atoms with Crippen molar-refractivity contribution in [3.63, 3.8) is 0 Å². The van der Waals surface area contributed by atoms with Crippen LogP contribution in [0.1, 0.15) is 48.0 Å². The fourth-order valence-corrected chi connectivity index (χ4v) is 2.24. The van der Waals surface area contributed by atoms with E-state index in [-0.39, 0.29) is 0 Å². The minimum atomic E-state index is 0.719. The number of rotatable bonds is 1. The molecule has 3 unspecified atom stereocenters. The van der Waals surface area contributed by atoms with Crippen LogP contribution in [-0.4, -0.2) is 12.6 Å². The van der Waals surface area contributed by atoms with Gasteiger partial charge in [0, 0.05) is 6.04 Å². The quantitative estimate of drug-likeness (QED) is 0.661. The molecule has 3 atom stereocenters. The van der Waals surface area contributed by atoms with Gasteiger partial charge in [-0.15, -0.1) is 0 Å². The lowest BCUT2D eigenvalue weighted by Crippen LogP contribution is -2.44. The first kappa shape index (κ1) is 13.0. The van der Waals surface area contributed by atoms with Crippen LogP contribution < -0.4 is 5.32 Å². The Balaban J connectivity index is 0.000000671. The molecule has 1 nitrogen and oxygen atoms in total. The summed E-state index contributed by atoms with van der Waals surface area (Å²) in [6.07, 6.45) is 1.36. The molecule has 1 heteroatoms. The highest BCUT2D eigenvalue weighted by Crippen LogP contribution is 2.29. The minimum absolute atomic E-state index is 0.719. The summed E-state index contributed by atoms with van der Waals surface area (Å²) in [5.41, 5.74) is 0. The predicted molar refractivity (Wildman–Crippen MR) is 60.9 cm³/mol. The summed E-state index contributed by atoms with van der Waals surface area (Å²) >= 11 is 0. The monoisotopic (exact) mass is 185 g/mol. The maximum Gasteiger partial charge on any atom is 0.00671 e. The van der Waals surface area contributed by atoms with Crippen LogP contribution in [0.4, 0.5) is 0 Å². The average molecular weight is 185 g/mol.